The summed E-state index contributed by atoms with van der Waals surface area (Å²) in [6, 6.07) is 15.6. The molecular weight excluding hydrogens is 290 g/mol. The maximum absolute atomic E-state index is 12.9. The zero-order valence-electron chi connectivity index (χ0n) is 12.9. The van der Waals surface area contributed by atoms with Crippen LogP contribution in [0.1, 0.15) is 24.8 Å². The van der Waals surface area contributed by atoms with Gasteiger partial charge < -0.3 is 14.8 Å². The minimum atomic E-state index is -0.394. The van der Waals surface area contributed by atoms with E-state index in [0.29, 0.717) is 19.0 Å². The van der Waals surface area contributed by atoms with Gasteiger partial charge in [-0.2, -0.15) is 0 Å². The molecule has 1 aliphatic carbocycles. The lowest BCUT2D eigenvalue weighted by Gasteiger charge is -2.40. The van der Waals surface area contributed by atoms with Gasteiger partial charge in [-0.15, -0.1) is 0 Å². The Balaban J connectivity index is 1.57. The van der Waals surface area contributed by atoms with Crippen LogP contribution in [0.3, 0.4) is 0 Å². The zero-order chi connectivity index (χ0) is 15.7. The van der Waals surface area contributed by atoms with E-state index >= 15 is 0 Å². The molecule has 0 radical (unpaired) electrons. The average molecular weight is 309 g/mol. The maximum atomic E-state index is 12.9. The van der Waals surface area contributed by atoms with Crippen molar-refractivity contribution in [3.05, 3.63) is 54.1 Å². The first-order chi connectivity index (χ1) is 11.3. The van der Waals surface area contributed by atoms with Crippen LogP contribution in [0, 0.1) is 0 Å². The molecule has 2 aliphatic rings. The Kier molecular flexibility index (Phi) is 3.45. The highest BCUT2D eigenvalue weighted by Gasteiger charge is 2.45. The summed E-state index contributed by atoms with van der Waals surface area (Å²) in [6.07, 6.45) is 2.88. The maximum Gasteiger partial charge on any atom is 0.235 e. The topological polar surface area (TPSA) is 47.6 Å². The summed E-state index contributed by atoms with van der Waals surface area (Å²) < 4.78 is 11.1. The van der Waals surface area contributed by atoms with Crippen molar-refractivity contribution >= 4 is 11.6 Å². The third-order valence-corrected chi connectivity index (χ3v) is 4.77. The van der Waals surface area contributed by atoms with Crippen LogP contribution in [0.5, 0.6) is 11.5 Å². The van der Waals surface area contributed by atoms with Crippen molar-refractivity contribution in [2.75, 3.05) is 18.5 Å². The lowest BCUT2D eigenvalue weighted by atomic mass is 9.64. The molecule has 1 N–H and O–H groups in total. The number of fused-ring (bicyclic) bond motifs is 1. The Hall–Kier alpha value is -2.49. The molecule has 118 valence electrons. The Bertz CT molecular complexity index is 723. The fourth-order valence-corrected chi connectivity index (χ4v) is 3.31. The molecule has 0 spiro atoms. The van der Waals surface area contributed by atoms with Crippen LogP contribution in [0.25, 0.3) is 0 Å². The van der Waals surface area contributed by atoms with Crippen LogP contribution in [-0.4, -0.2) is 19.1 Å². The van der Waals surface area contributed by atoms with Crippen LogP contribution in [0.4, 0.5) is 5.69 Å². The number of carbonyl (C=O) groups excluding carboxylic acids is 1. The highest BCUT2D eigenvalue weighted by molar-refractivity contribution is 6.00. The highest BCUT2D eigenvalue weighted by atomic mass is 16.6. The number of nitrogens with one attached hydrogen (secondary N) is 1. The van der Waals surface area contributed by atoms with Crippen molar-refractivity contribution in [3.8, 4) is 11.5 Å². The van der Waals surface area contributed by atoms with Crippen LogP contribution < -0.4 is 14.8 Å². The Labute approximate surface area is 135 Å². The van der Waals surface area contributed by atoms with Crippen LogP contribution in [0.2, 0.25) is 0 Å². The summed E-state index contributed by atoms with van der Waals surface area (Å²) in [5.41, 5.74) is 1.46. The summed E-state index contributed by atoms with van der Waals surface area (Å²) >= 11 is 0. The summed E-state index contributed by atoms with van der Waals surface area (Å²) in [5.74, 6) is 1.48. The largest absolute Gasteiger partial charge is 0.486 e. The second-order valence-corrected chi connectivity index (χ2v) is 6.11. The van der Waals surface area contributed by atoms with Crippen molar-refractivity contribution in [1.82, 2.24) is 0 Å². The summed E-state index contributed by atoms with van der Waals surface area (Å²) in [5, 5.41) is 3.06. The van der Waals surface area contributed by atoms with Gasteiger partial charge in [-0.05, 0) is 30.5 Å². The number of anilines is 1. The quantitative estimate of drug-likeness (QED) is 0.943. The van der Waals surface area contributed by atoms with E-state index in [4.69, 9.17) is 9.47 Å². The predicted octanol–water partition coefficient (Wildman–Crippen LogP) is 3.52. The monoisotopic (exact) mass is 309 g/mol. The molecule has 1 heterocycles. The molecule has 0 unspecified atom stereocenters. The Morgan fingerprint density at radius 2 is 1.70 bits per heavy atom. The van der Waals surface area contributed by atoms with Gasteiger partial charge in [0.25, 0.3) is 0 Å². The Morgan fingerprint density at radius 3 is 2.39 bits per heavy atom. The molecule has 4 heteroatoms. The number of ether oxygens (including phenoxy) is 2. The van der Waals surface area contributed by atoms with Crippen molar-refractivity contribution < 1.29 is 14.3 Å². The van der Waals surface area contributed by atoms with Gasteiger partial charge in [0.05, 0.1) is 5.41 Å². The van der Waals surface area contributed by atoms with E-state index in [2.05, 4.69) is 5.32 Å². The number of rotatable bonds is 3. The van der Waals surface area contributed by atoms with Gasteiger partial charge in [0.15, 0.2) is 11.5 Å². The van der Waals surface area contributed by atoms with Gasteiger partial charge in [-0.25, -0.2) is 0 Å². The van der Waals surface area contributed by atoms with E-state index < -0.39 is 5.41 Å². The van der Waals surface area contributed by atoms with E-state index in [9.17, 15) is 4.79 Å². The lowest BCUT2D eigenvalue weighted by Crippen LogP contribution is -2.45. The average Bonchev–Trinajstić information content (AvgIpc) is 2.55. The van der Waals surface area contributed by atoms with Gasteiger partial charge in [-0.3, -0.25) is 4.79 Å². The van der Waals surface area contributed by atoms with Crippen molar-refractivity contribution in [1.29, 1.82) is 0 Å². The first-order valence-corrected chi connectivity index (χ1v) is 8.05. The van der Waals surface area contributed by atoms with Gasteiger partial charge in [0, 0.05) is 11.8 Å². The molecule has 4 nitrogen and oxygen atoms in total. The second kappa shape index (κ2) is 5.61. The first-order valence-electron chi connectivity index (χ1n) is 8.05. The standard InChI is InChI=1S/C19H19NO3/c21-18(19(9-4-10-19)14-5-2-1-3-6-14)20-15-7-8-16-17(13-15)23-12-11-22-16/h1-3,5-8,13H,4,9-12H2,(H,20,21). The molecule has 2 aromatic rings. The first kappa shape index (κ1) is 14.1. The van der Waals surface area contributed by atoms with E-state index in [1.165, 1.54) is 0 Å². The Morgan fingerprint density at radius 1 is 0.957 bits per heavy atom. The molecule has 1 saturated carbocycles. The molecular formula is C19H19NO3. The zero-order valence-corrected chi connectivity index (χ0v) is 12.9. The smallest absolute Gasteiger partial charge is 0.235 e. The van der Waals surface area contributed by atoms with Crippen LogP contribution in [0.15, 0.2) is 48.5 Å². The van der Waals surface area contributed by atoms with E-state index in [1.54, 1.807) is 0 Å². The molecule has 1 fully saturated rings. The van der Waals surface area contributed by atoms with Crippen molar-refractivity contribution in [3.63, 3.8) is 0 Å². The van der Waals surface area contributed by atoms with E-state index in [-0.39, 0.29) is 5.91 Å². The van der Waals surface area contributed by atoms with Crippen molar-refractivity contribution in [2.24, 2.45) is 0 Å². The highest BCUT2D eigenvalue weighted by Crippen LogP contribution is 2.44. The fourth-order valence-electron chi connectivity index (χ4n) is 3.31. The molecule has 4 rings (SSSR count). The number of amides is 1. The molecule has 0 atom stereocenters. The minimum absolute atomic E-state index is 0.0617. The van der Waals surface area contributed by atoms with E-state index in [1.807, 2.05) is 48.5 Å². The number of hydrogen-bond donors (Lipinski definition) is 1. The SMILES string of the molecule is O=C(Nc1ccc2c(c1)OCCO2)C1(c2ccccc2)CCC1. The van der Waals surface area contributed by atoms with Gasteiger partial charge in [-0.1, -0.05) is 36.8 Å². The van der Waals surface area contributed by atoms with Crippen LogP contribution >= 0.6 is 0 Å². The minimum Gasteiger partial charge on any atom is -0.486 e. The third-order valence-electron chi connectivity index (χ3n) is 4.77. The van der Waals surface area contributed by atoms with Crippen LogP contribution in [-0.2, 0) is 10.2 Å². The third kappa shape index (κ3) is 2.44. The number of hydrogen-bond acceptors (Lipinski definition) is 3. The predicted molar refractivity (Wildman–Crippen MR) is 88.0 cm³/mol. The fraction of sp³-hybridized carbons (Fsp3) is 0.316. The number of carbonyl (C=O) groups is 1. The summed E-state index contributed by atoms with van der Waals surface area (Å²) in [4.78, 5) is 12.9. The normalized spacial score (nSPS) is 17.9. The second-order valence-electron chi connectivity index (χ2n) is 6.11. The number of benzene rings is 2. The van der Waals surface area contributed by atoms with Gasteiger partial charge >= 0.3 is 0 Å². The molecule has 2 aromatic carbocycles. The molecule has 0 aromatic heterocycles. The molecule has 23 heavy (non-hydrogen) atoms. The summed E-state index contributed by atoms with van der Waals surface area (Å²) in [6.45, 7) is 1.11. The van der Waals surface area contributed by atoms with Gasteiger partial charge in [0.1, 0.15) is 13.2 Å². The van der Waals surface area contributed by atoms with E-state index in [0.717, 1.165) is 36.3 Å². The molecule has 1 amide bonds. The molecule has 0 saturated heterocycles. The molecule has 0 bridgehead atoms. The van der Waals surface area contributed by atoms with Crippen molar-refractivity contribution in [2.45, 2.75) is 24.7 Å². The molecule has 1 aliphatic heterocycles. The van der Waals surface area contributed by atoms with Gasteiger partial charge in [0.2, 0.25) is 5.91 Å². The summed E-state index contributed by atoms with van der Waals surface area (Å²) in [7, 11) is 0. The lowest BCUT2D eigenvalue weighted by molar-refractivity contribution is -0.124.